The predicted molar refractivity (Wildman–Crippen MR) is 62.6 cm³/mol. The molecule has 1 unspecified atom stereocenters. The van der Waals surface area contributed by atoms with Gasteiger partial charge < -0.3 is 11.1 Å². The Balaban J connectivity index is 2.58. The standard InChI is InChI=1S/C11H20N4O/c1-7(2)10(12)11(16)14-8(3)9-5-13-15(4)6-9/h5-8,10H,12H2,1-4H3,(H,14,16)/t8?,10-/m1/s1. The van der Waals surface area contributed by atoms with Gasteiger partial charge in [0, 0.05) is 18.8 Å². The molecule has 3 N–H and O–H groups in total. The van der Waals surface area contributed by atoms with E-state index in [-0.39, 0.29) is 17.9 Å². The lowest BCUT2D eigenvalue weighted by atomic mass is 10.0. The second-order valence-corrected chi connectivity index (χ2v) is 4.45. The van der Waals surface area contributed by atoms with E-state index in [1.54, 1.807) is 10.9 Å². The lowest BCUT2D eigenvalue weighted by Gasteiger charge is -2.18. The van der Waals surface area contributed by atoms with E-state index in [2.05, 4.69) is 10.4 Å². The molecule has 0 fully saturated rings. The van der Waals surface area contributed by atoms with E-state index in [1.165, 1.54) is 0 Å². The van der Waals surface area contributed by atoms with E-state index >= 15 is 0 Å². The number of carbonyl (C=O) groups is 1. The van der Waals surface area contributed by atoms with E-state index in [9.17, 15) is 4.79 Å². The van der Waals surface area contributed by atoms with Crippen molar-refractivity contribution in [2.75, 3.05) is 0 Å². The van der Waals surface area contributed by atoms with Crippen LogP contribution in [0.4, 0.5) is 0 Å². The van der Waals surface area contributed by atoms with Crippen LogP contribution in [0.2, 0.25) is 0 Å². The number of aryl methyl sites for hydroxylation is 1. The van der Waals surface area contributed by atoms with Gasteiger partial charge in [0.1, 0.15) is 0 Å². The molecule has 1 heterocycles. The minimum atomic E-state index is -0.459. The molecule has 0 saturated heterocycles. The van der Waals surface area contributed by atoms with E-state index in [1.807, 2.05) is 34.0 Å². The summed E-state index contributed by atoms with van der Waals surface area (Å²) < 4.78 is 1.71. The van der Waals surface area contributed by atoms with Gasteiger partial charge in [-0.3, -0.25) is 9.48 Å². The third-order valence-electron chi connectivity index (χ3n) is 2.60. The molecule has 1 amide bonds. The minimum absolute atomic E-state index is 0.0639. The van der Waals surface area contributed by atoms with Gasteiger partial charge in [-0.2, -0.15) is 5.10 Å². The van der Waals surface area contributed by atoms with Crippen molar-refractivity contribution < 1.29 is 4.79 Å². The van der Waals surface area contributed by atoms with Crippen molar-refractivity contribution in [3.05, 3.63) is 18.0 Å². The molecule has 2 atom stereocenters. The normalized spacial score (nSPS) is 14.9. The summed E-state index contributed by atoms with van der Waals surface area (Å²) in [6, 6.07) is -0.523. The Hall–Kier alpha value is -1.36. The molecule has 5 heteroatoms. The topological polar surface area (TPSA) is 72.9 Å². The summed E-state index contributed by atoms with van der Waals surface area (Å²) in [6.07, 6.45) is 3.62. The fourth-order valence-corrected chi connectivity index (χ4v) is 1.36. The second kappa shape index (κ2) is 5.12. The number of rotatable bonds is 4. The third-order valence-corrected chi connectivity index (χ3v) is 2.60. The van der Waals surface area contributed by atoms with Gasteiger partial charge >= 0.3 is 0 Å². The highest BCUT2D eigenvalue weighted by molar-refractivity contribution is 5.82. The number of nitrogens with one attached hydrogen (secondary N) is 1. The van der Waals surface area contributed by atoms with Crippen molar-refractivity contribution in [2.45, 2.75) is 32.9 Å². The smallest absolute Gasteiger partial charge is 0.237 e. The lowest BCUT2D eigenvalue weighted by molar-refractivity contribution is -0.123. The van der Waals surface area contributed by atoms with Gasteiger partial charge in [-0.25, -0.2) is 0 Å². The van der Waals surface area contributed by atoms with Gasteiger partial charge in [-0.15, -0.1) is 0 Å². The number of amides is 1. The summed E-state index contributed by atoms with van der Waals surface area (Å²) in [5.41, 5.74) is 6.74. The molecule has 0 aliphatic rings. The first-order valence-electron chi connectivity index (χ1n) is 5.46. The van der Waals surface area contributed by atoms with Crippen LogP contribution in [-0.2, 0) is 11.8 Å². The van der Waals surface area contributed by atoms with Crippen LogP contribution in [0, 0.1) is 5.92 Å². The summed E-state index contributed by atoms with van der Waals surface area (Å²) in [5.74, 6) is 0.0208. The molecule has 1 aromatic heterocycles. The molecular formula is C11H20N4O. The fraction of sp³-hybridized carbons (Fsp3) is 0.636. The highest BCUT2D eigenvalue weighted by atomic mass is 16.2. The maximum absolute atomic E-state index is 11.7. The van der Waals surface area contributed by atoms with Crippen LogP contribution in [-0.4, -0.2) is 21.7 Å². The molecule has 0 radical (unpaired) electrons. The molecular weight excluding hydrogens is 204 g/mol. The highest BCUT2D eigenvalue weighted by Crippen LogP contribution is 2.11. The molecule has 1 rings (SSSR count). The van der Waals surface area contributed by atoms with Crippen LogP contribution in [0.3, 0.4) is 0 Å². The molecule has 0 aromatic carbocycles. The maximum Gasteiger partial charge on any atom is 0.237 e. The van der Waals surface area contributed by atoms with Gasteiger partial charge in [0.15, 0.2) is 0 Å². The molecule has 0 aliphatic heterocycles. The molecule has 0 saturated carbocycles. The third kappa shape index (κ3) is 3.06. The van der Waals surface area contributed by atoms with Crippen LogP contribution in [0.5, 0.6) is 0 Å². The zero-order valence-electron chi connectivity index (χ0n) is 10.3. The Labute approximate surface area is 96.0 Å². The van der Waals surface area contributed by atoms with E-state index in [0.717, 1.165) is 5.56 Å². The summed E-state index contributed by atoms with van der Waals surface area (Å²) in [5, 5.41) is 6.93. The first kappa shape index (κ1) is 12.7. The summed E-state index contributed by atoms with van der Waals surface area (Å²) in [7, 11) is 1.85. The molecule has 5 nitrogen and oxygen atoms in total. The predicted octanol–water partition coefficient (Wildman–Crippen LogP) is 0.581. The maximum atomic E-state index is 11.7. The van der Waals surface area contributed by atoms with Crippen molar-refractivity contribution in [1.29, 1.82) is 0 Å². The van der Waals surface area contributed by atoms with Gasteiger partial charge in [0.2, 0.25) is 5.91 Å². The van der Waals surface area contributed by atoms with Crippen molar-refractivity contribution in [2.24, 2.45) is 18.7 Å². The SMILES string of the molecule is CC(NC(=O)[C@H](N)C(C)C)c1cnn(C)c1. The zero-order valence-corrected chi connectivity index (χ0v) is 10.3. The monoisotopic (exact) mass is 224 g/mol. The first-order chi connectivity index (χ1) is 7.41. The fourth-order valence-electron chi connectivity index (χ4n) is 1.36. The molecule has 90 valence electrons. The number of nitrogens with zero attached hydrogens (tertiary/aromatic N) is 2. The Morgan fingerprint density at radius 3 is 2.56 bits per heavy atom. The molecule has 0 bridgehead atoms. The van der Waals surface area contributed by atoms with Gasteiger partial charge in [-0.05, 0) is 12.8 Å². The van der Waals surface area contributed by atoms with Crippen molar-refractivity contribution in [3.8, 4) is 0 Å². The Bertz CT molecular complexity index is 359. The number of carbonyl (C=O) groups excluding carboxylic acids is 1. The van der Waals surface area contributed by atoms with Gasteiger partial charge in [0.05, 0.1) is 18.3 Å². The van der Waals surface area contributed by atoms with Gasteiger partial charge in [-0.1, -0.05) is 13.8 Å². The van der Waals surface area contributed by atoms with E-state index in [4.69, 9.17) is 5.73 Å². The van der Waals surface area contributed by atoms with Crippen LogP contribution < -0.4 is 11.1 Å². The van der Waals surface area contributed by atoms with Crippen LogP contribution in [0.25, 0.3) is 0 Å². The average molecular weight is 224 g/mol. The molecule has 16 heavy (non-hydrogen) atoms. The van der Waals surface area contributed by atoms with Crippen molar-refractivity contribution in [3.63, 3.8) is 0 Å². The van der Waals surface area contributed by atoms with E-state index in [0.29, 0.717) is 0 Å². The quantitative estimate of drug-likeness (QED) is 0.785. The molecule has 0 aliphatic carbocycles. The second-order valence-electron chi connectivity index (χ2n) is 4.45. The number of hydrogen-bond acceptors (Lipinski definition) is 3. The van der Waals surface area contributed by atoms with Crippen LogP contribution in [0.15, 0.2) is 12.4 Å². The number of hydrogen-bond donors (Lipinski definition) is 2. The Morgan fingerprint density at radius 1 is 1.50 bits per heavy atom. The number of aromatic nitrogens is 2. The molecule has 1 aromatic rings. The van der Waals surface area contributed by atoms with E-state index < -0.39 is 6.04 Å². The zero-order chi connectivity index (χ0) is 12.3. The average Bonchev–Trinajstić information content (AvgIpc) is 2.63. The van der Waals surface area contributed by atoms with Crippen LogP contribution >= 0.6 is 0 Å². The summed E-state index contributed by atoms with van der Waals surface area (Å²) >= 11 is 0. The summed E-state index contributed by atoms with van der Waals surface area (Å²) in [6.45, 7) is 5.78. The minimum Gasteiger partial charge on any atom is -0.348 e. The van der Waals surface area contributed by atoms with Crippen LogP contribution in [0.1, 0.15) is 32.4 Å². The first-order valence-corrected chi connectivity index (χ1v) is 5.46. The largest absolute Gasteiger partial charge is 0.348 e. The van der Waals surface area contributed by atoms with Gasteiger partial charge in [0.25, 0.3) is 0 Å². The number of nitrogens with two attached hydrogens (primary N) is 1. The summed E-state index contributed by atoms with van der Waals surface area (Å²) in [4.78, 5) is 11.7. The Kier molecular flexibility index (Phi) is 4.06. The van der Waals surface area contributed by atoms with Crippen molar-refractivity contribution >= 4 is 5.91 Å². The molecule has 0 spiro atoms. The Morgan fingerprint density at radius 2 is 2.12 bits per heavy atom. The van der Waals surface area contributed by atoms with Crippen molar-refractivity contribution in [1.82, 2.24) is 15.1 Å². The lowest BCUT2D eigenvalue weighted by Crippen LogP contribution is -2.44. The highest BCUT2D eigenvalue weighted by Gasteiger charge is 2.19.